The quantitative estimate of drug-likeness (QED) is 0.698. The summed E-state index contributed by atoms with van der Waals surface area (Å²) in [6.45, 7) is 6.18. The Morgan fingerprint density at radius 1 is 1.69 bits per heavy atom. The van der Waals surface area contributed by atoms with E-state index in [2.05, 4.69) is 0 Å². The van der Waals surface area contributed by atoms with Crippen LogP contribution in [0.5, 0.6) is 0 Å². The van der Waals surface area contributed by atoms with E-state index in [1.165, 1.54) is 4.88 Å². The van der Waals surface area contributed by atoms with E-state index in [0.717, 1.165) is 5.56 Å². The van der Waals surface area contributed by atoms with Crippen molar-refractivity contribution in [2.24, 2.45) is 0 Å². The predicted octanol–water partition coefficient (Wildman–Crippen LogP) is 2.72. The SMILES string of the molecule is CCOC(=O)C(C)c1ccsc1C. The Morgan fingerprint density at radius 3 is 2.85 bits per heavy atom. The van der Waals surface area contributed by atoms with E-state index < -0.39 is 0 Å². The van der Waals surface area contributed by atoms with Gasteiger partial charge in [-0.25, -0.2) is 0 Å². The first kappa shape index (κ1) is 10.3. The molecular weight excluding hydrogens is 184 g/mol. The molecule has 3 heteroatoms. The van der Waals surface area contributed by atoms with Gasteiger partial charge in [0.15, 0.2) is 0 Å². The lowest BCUT2D eigenvalue weighted by Crippen LogP contribution is -2.12. The van der Waals surface area contributed by atoms with E-state index in [1.807, 2.05) is 32.2 Å². The highest BCUT2D eigenvalue weighted by molar-refractivity contribution is 7.10. The number of rotatable bonds is 3. The molecule has 1 unspecified atom stereocenters. The number of esters is 1. The number of thiophene rings is 1. The standard InChI is InChI=1S/C10H14O2S/c1-4-12-10(11)7(2)9-5-6-13-8(9)3/h5-7H,4H2,1-3H3. The van der Waals surface area contributed by atoms with Crippen LogP contribution in [-0.2, 0) is 9.53 Å². The Hall–Kier alpha value is -0.830. The fourth-order valence-corrected chi connectivity index (χ4v) is 2.04. The van der Waals surface area contributed by atoms with Gasteiger partial charge < -0.3 is 4.74 Å². The first-order valence-electron chi connectivity index (χ1n) is 4.37. The Kier molecular flexibility index (Phi) is 3.48. The molecular formula is C10H14O2S. The zero-order chi connectivity index (χ0) is 9.84. The lowest BCUT2D eigenvalue weighted by molar-refractivity contribution is -0.144. The van der Waals surface area contributed by atoms with Crippen molar-refractivity contribution in [1.82, 2.24) is 0 Å². The third-order valence-electron chi connectivity index (χ3n) is 2.01. The first-order chi connectivity index (χ1) is 6.16. The Balaban J connectivity index is 2.73. The second kappa shape index (κ2) is 4.42. The molecule has 2 nitrogen and oxygen atoms in total. The molecule has 0 fully saturated rings. The van der Waals surface area contributed by atoms with Crippen molar-refractivity contribution >= 4 is 17.3 Å². The molecule has 1 aromatic rings. The largest absolute Gasteiger partial charge is 0.466 e. The maximum absolute atomic E-state index is 11.4. The third kappa shape index (κ3) is 2.31. The molecule has 1 rings (SSSR count). The van der Waals surface area contributed by atoms with E-state index in [4.69, 9.17) is 4.74 Å². The maximum Gasteiger partial charge on any atom is 0.313 e. The number of carbonyl (C=O) groups excluding carboxylic acids is 1. The first-order valence-corrected chi connectivity index (χ1v) is 5.25. The molecule has 0 bridgehead atoms. The van der Waals surface area contributed by atoms with Gasteiger partial charge in [0.25, 0.3) is 0 Å². The Bertz CT molecular complexity index is 291. The molecule has 0 radical (unpaired) electrons. The second-order valence-electron chi connectivity index (χ2n) is 2.91. The minimum Gasteiger partial charge on any atom is -0.466 e. The van der Waals surface area contributed by atoms with E-state index in [9.17, 15) is 4.79 Å². The van der Waals surface area contributed by atoms with Gasteiger partial charge in [-0.15, -0.1) is 11.3 Å². The smallest absolute Gasteiger partial charge is 0.313 e. The number of hydrogen-bond donors (Lipinski definition) is 0. The molecule has 1 atom stereocenters. The van der Waals surface area contributed by atoms with Crippen molar-refractivity contribution in [2.75, 3.05) is 6.61 Å². The summed E-state index contributed by atoms with van der Waals surface area (Å²) < 4.78 is 4.95. The molecule has 0 spiro atoms. The summed E-state index contributed by atoms with van der Waals surface area (Å²) in [4.78, 5) is 12.6. The molecule has 0 aromatic carbocycles. The van der Waals surface area contributed by atoms with E-state index in [-0.39, 0.29) is 11.9 Å². The summed E-state index contributed by atoms with van der Waals surface area (Å²) >= 11 is 1.66. The van der Waals surface area contributed by atoms with Crippen LogP contribution in [0, 0.1) is 6.92 Å². The van der Waals surface area contributed by atoms with Crippen LogP contribution in [-0.4, -0.2) is 12.6 Å². The molecule has 1 heterocycles. The van der Waals surface area contributed by atoms with Gasteiger partial charge in [0.1, 0.15) is 0 Å². The van der Waals surface area contributed by atoms with Crippen LogP contribution in [0.1, 0.15) is 30.2 Å². The Labute approximate surface area is 82.5 Å². The van der Waals surface area contributed by atoms with Crippen LogP contribution in [0.4, 0.5) is 0 Å². The predicted molar refractivity (Wildman–Crippen MR) is 54.1 cm³/mol. The highest BCUT2D eigenvalue weighted by Gasteiger charge is 2.18. The summed E-state index contributed by atoms with van der Waals surface area (Å²) in [7, 11) is 0. The van der Waals surface area contributed by atoms with Crippen molar-refractivity contribution in [3.63, 3.8) is 0 Å². The summed E-state index contributed by atoms with van der Waals surface area (Å²) in [5.74, 6) is -0.268. The molecule has 1 aromatic heterocycles. The zero-order valence-corrected chi connectivity index (χ0v) is 8.98. The van der Waals surface area contributed by atoms with Crippen molar-refractivity contribution in [3.8, 4) is 0 Å². The normalized spacial score (nSPS) is 12.5. The molecule has 0 aliphatic rings. The van der Waals surface area contributed by atoms with Gasteiger partial charge in [0.05, 0.1) is 12.5 Å². The molecule has 0 aliphatic heterocycles. The summed E-state index contributed by atoms with van der Waals surface area (Å²) in [5.41, 5.74) is 1.09. The van der Waals surface area contributed by atoms with Crippen molar-refractivity contribution in [2.45, 2.75) is 26.7 Å². The molecule has 13 heavy (non-hydrogen) atoms. The minimum atomic E-state index is -0.135. The third-order valence-corrected chi connectivity index (χ3v) is 2.87. The maximum atomic E-state index is 11.4. The second-order valence-corrected chi connectivity index (χ2v) is 4.03. The fourth-order valence-electron chi connectivity index (χ4n) is 1.24. The van der Waals surface area contributed by atoms with Crippen LogP contribution < -0.4 is 0 Å². The van der Waals surface area contributed by atoms with Crippen molar-refractivity contribution < 1.29 is 9.53 Å². The van der Waals surface area contributed by atoms with E-state index >= 15 is 0 Å². The highest BCUT2D eigenvalue weighted by atomic mass is 32.1. The molecule has 0 saturated heterocycles. The lowest BCUT2D eigenvalue weighted by Gasteiger charge is -2.09. The zero-order valence-electron chi connectivity index (χ0n) is 8.16. The lowest BCUT2D eigenvalue weighted by atomic mass is 10.0. The van der Waals surface area contributed by atoms with Crippen LogP contribution in [0.15, 0.2) is 11.4 Å². The van der Waals surface area contributed by atoms with Gasteiger partial charge in [-0.2, -0.15) is 0 Å². The highest BCUT2D eigenvalue weighted by Crippen LogP contribution is 2.24. The molecule has 72 valence electrons. The number of carbonyl (C=O) groups is 1. The molecule has 0 amide bonds. The van der Waals surface area contributed by atoms with Crippen LogP contribution in [0.25, 0.3) is 0 Å². The van der Waals surface area contributed by atoms with Crippen LogP contribution in [0.2, 0.25) is 0 Å². The summed E-state index contributed by atoms with van der Waals surface area (Å²) in [5, 5.41) is 2.00. The number of aryl methyl sites for hydroxylation is 1. The summed E-state index contributed by atoms with van der Waals surface area (Å²) in [6, 6.07) is 1.99. The van der Waals surface area contributed by atoms with Gasteiger partial charge in [-0.1, -0.05) is 0 Å². The number of ether oxygens (including phenoxy) is 1. The van der Waals surface area contributed by atoms with Gasteiger partial charge in [-0.05, 0) is 37.8 Å². The van der Waals surface area contributed by atoms with Crippen LogP contribution >= 0.6 is 11.3 Å². The fraction of sp³-hybridized carbons (Fsp3) is 0.500. The van der Waals surface area contributed by atoms with E-state index in [0.29, 0.717) is 6.61 Å². The topological polar surface area (TPSA) is 26.3 Å². The minimum absolute atomic E-state index is 0.133. The molecule has 0 aliphatic carbocycles. The average molecular weight is 198 g/mol. The average Bonchev–Trinajstić information content (AvgIpc) is 2.50. The van der Waals surface area contributed by atoms with Crippen molar-refractivity contribution in [3.05, 3.63) is 21.9 Å². The van der Waals surface area contributed by atoms with Crippen LogP contribution in [0.3, 0.4) is 0 Å². The van der Waals surface area contributed by atoms with Gasteiger partial charge in [0, 0.05) is 4.88 Å². The van der Waals surface area contributed by atoms with Gasteiger partial charge >= 0.3 is 5.97 Å². The molecule has 0 saturated carbocycles. The van der Waals surface area contributed by atoms with Gasteiger partial charge in [-0.3, -0.25) is 4.79 Å². The van der Waals surface area contributed by atoms with Gasteiger partial charge in [0.2, 0.25) is 0 Å². The number of hydrogen-bond acceptors (Lipinski definition) is 3. The van der Waals surface area contributed by atoms with Crippen molar-refractivity contribution in [1.29, 1.82) is 0 Å². The Morgan fingerprint density at radius 2 is 2.38 bits per heavy atom. The molecule has 0 N–H and O–H groups in total. The monoisotopic (exact) mass is 198 g/mol. The van der Waals surface area contributed by atoms with E-state index in [1.54, 1.807) is 11.3 Å². The summed E-state index contributed by atoms with van der Waals surface area (Å²) in [6.07, 6.45) is 0.